The van der Waals surface area contributed by atoms with Gasteiger partial charge in [-0.05, 0) is 30.4 Å². The van der Waals surface area contributed by atoms with Crippen LogP contribution >= 0.6 is 11.6 Å². The minimum Gasteiger partial charge on any atom is -0.392 e. The van der Waals surface area contributed by atoms with Gasteiger partial charge in [0.25, 0.3) is 0 Å². The van der Waals surface area contributed by atoms with Gasteiger partial charge in [0.15, 0.2) is 5.78 Å². The smallest absolute Gasteiger partial charge is 0.197 e. The Morgan fingerprint density at radius 1 is 1.26 bits per heavy atom. The molecule has 1 atom stereocenters. The molecule has 1 unspecified atom stereocenters. The zero-order valence-electron chi connectivity index (χ0n) is 12.4. The van der Waals surface area contributed by atoms with E-state index in [2.05, 4.69) is 0 Å². The molecule has 1 aliphatic carbocycles. The Hall–Kier alpha value is -1.75. The van der Waals surface area contributed by atoms with Gasteiger partial charge in [0.05, 0.1) is 17.2 Å². The van der Waals surface area contributed by atoms with E-state index in [0.717, 1.165) is 12.8 Å². The third-order valence-electron chi connectivity index (χ3n) is 4.24. The molecule has 0 saturated heterocycles. The fraction of sp³-hybridized carbons (Fsp3) is 0.278. The summed E-state index contributed by atoms with van der Waals surface area (Å²) in [5.74, 6) is -0.840. The predicted octanol–water partition coefficient (Wildman–Crippen LogP) is 3.61. The van der Waals surface area contributed by atoms with Crippen LogP contribution in [0.3, 0.4) is 0 Å². The molecule has 5 heteroatoms. The third kappa shape index (κ3) is 3.15. The number of ketones is 1. The van der Waals surface area contributed by atoms with Crippen molar-refractivity contribution in [2.75, 3.05) is 0 Å². The number of aliphatic hydroxyl groups is 1. The summed E-state index contributed by atoms with van der Waals surface area (Å²) in [7, 11) is 0. The Morgan fingerprint density at radius 2 is 1.91 bits per heavy atom. The van der Waals surface area contributed by atoms with Crippen LogP contribution in [0.1, 0.15) is 45.9 Å². The van der Waals surface area contributed by atoms with Crippen molar-refractivity contribution in [1.29, 1.82) is 0 Å². The Balaban J connectivity index is 2.00. The number of rotatable bonds is 5. The molecule has 0 aliphatic heterocycles. The molecule has 0 heterocycles. The second-order valence-corrected chi connectivity index (χ2v) is 6.28. The second kappa shape index (κ2) is 6.40. The molecule has 1 aliphatic rings. The fourth-order valence-electron chi connectivity index (χ4n) is 2.65. The van der Waals surface area contributed by atoms with E-state index in [1.165, 1.54) is 6.07 Å². The first-order valence-corrected chi connectivity index (χ1v) is 7.88. The third-order valence-corrected chi connectivity index (χ3v) is 4.55. The molecule has 23 heavy (non-hydrogen) atoms. The van der Waals surface area contributed by atoms with Crippen molar-refractivity contribution in [1.82, 2.24) is 0 Å². The zero-order chi connectivity index (χ0) is 16.6. The highest BCUT2D eigenvalue weighted by Crippen LogP contribution is 2.41. The Kier molecular flexibility index (Phi) is 4.48. The molecule has 120 valence electrons. The summed E-state index contributed by atoms with van der Waals surface area (Å²) in [5, 5.41) is 9.12. The van der Waals surface area contributed by atoms with Crippen LogP contribution in [-0.2, 0) is 6.61 Å². The lowest BCUT2D eigenvalue weighted by Gasteiger charge is -2.15. The van der Waals surface area contributed by atoms with Gasteiger partial charge in [-0.25, -0.2) is 4.39 Å². The molecular formula is C18H17ClFNO2. The second-order valence-electron chi connectivity index (χ2n) is 5.87. The number of carbonyl (C=O) groups is 1. The van der Waals surface area contributed by atoms with Crippen LogP contribution in [0.25, 0.3) is 0 Å². The van der Waals surface area contributed by atoms with Crippen LogP contribution in [0.4, 0.5) is 4.39 Å². The number of nitrogens with two attached hydrogens (primary N) is 1. The van der Waals surface area contributed by atoms with Crippen molar-refractivity contribution in [3.63, 3.8) is 0 Å². The van der Waals surface area contributed by atoms with Crippen molar-refractivity contribution >= 4 is 17.4 Å². The summed E-state index contributed by atoms with van der Waals surface area (Å²) < 4.78 is 14.8. The lowest BCUT2D eigenvalue weighted by Crippen LogP contribution is -2.17. The molecule has 2 aromatic rings. The van der Waals surface area contributed by atoms with Crippen LogP contribution in [-0.4, -0.2) is 10.9 Å². The van der Waals surface area contributed by atoms with Crippen molar-refractivity contribution in [3.05, 3.63) is 69.5 Å². The Bertz CT molecular complexity index is 741. The number of halogens is 2. The quantitative estimate of drug-likeness (QED) is 0.821. The highest BCUT2D eigenvalue weighted by molar-refractivity contribution is 6.35. The number of hydrogen-bond acceptors (Lipinski definition) is 3. The molecule has 0 aromatic heterocycles. The highest BCUT2D eigenvalue weighted by Gasteiger charge is 2.33. The van der Waals surface area contributed by atoms with Gasteiger partial charge >= 0.3 is 0 Å². The topological polar surface area (TPSA) is 63.3 Å². The molecule has 3 N–H and O–H groups in total. The van der Waals surface area contributed by atoms with Crippen LogP contribution in [0.2, 0.25) is 5.02 Å². The van der Waals surface area contributed by atoms with E-state index in [4.69, 9.17) is 22.4 Å². The zero-order valence-corrected chi connectivity index (χ0v) is 13.2. The first-order chi connectivity index (χ1) is 11.0. The minimum absolute atomic E-state index is 0.0745. The average molecular weight is 334 g/mol. The predicted molar refractivity (Wildman–Crippen MR) is 86.9 cm³/mol. The van der Waals surface area contributed by atoms with E-state index in [1.807, 2.05) is 0 Å². The van der Waals surface area contributed by atoms with E-state index in [-0.39, 0.29) is 23.1 Å². The molecule has 1 fully saturated rings. The van der Waals surface area contributed by atoms with E-state index >= 15 is 0 Å². The summed E-state index contributed by atoms with van der Waals surface area (Å²) in [4.78, 5) is 12.6. The van der Waals surface area contributed by atoms with Crippen molar-refractivity contribution in [2.24, 2.45) is 11.7 Å². The summed E-state index contributed by atoms with van der Waals surface area (Å²) in [6.45, 7) is -0.116. The van der Waals surface area contributed by atoms with E-state index in [9.17, 15) is 9.18 Å². The Morgan fingerprint density at radius 3 is 2.48 bits per heavy atom. The van der Waals surface area contributed by atoms with Gasteiger partial charge in [0, 0.05) is 17.2 Å². The van der Waals surface area contributed by atoms with Crippen LogP contribution in [0.15, 0.2) is 36.4 Å². The fourth-order valence-corrected chi connectivity index (χ4v) is 2.88. The van der Waals surface area contributed by atoms with Gasteiger partial charge in [0.2, 0.25) is 0 Å². The first-order valence-electron chi connectivity index (χ1n) is 7.51. The SMILES string of the molecule is NC(c1ccc(Cl)c(C(=O)c2ccc(CO)cc2)c1F)C1CC1. The van der Waals surface area contributed by atoms with Gasteiger partial charge < -0.3 is 10.8 Å². The van der Waals surface area contributed by atoms with Gasteiger partial charge in [-0.1, -0.05) is 41.9 Å². The maximum absolute atomic E-state index is 14.8. The van der Waals surface area contributed by atoms with Gasteiger partial charge in [0.1, 0.15) is 5.82 Å². The van der Waals surface area contributed by atoms with E-state index in [0.29, 0.717) is 16.7 Å². The molecule has 0 radical (unpaired) electrons. The number of hydrogen-bond donors (Lipinski definition) is 2. The van der Waals surface area contributed by atoms with Gasteiger partial charge in [-0.15, -0.1) is 0 Å². The number of aliphatic hydroxyl groups excluding tert-OH is 1. The molecule has 0 spiro atoms. The van der Waals surface area contributed by atoms with Crippen LogP contribution < -0.4 is 5.73 Å². The molecule has 0 bridgehead atoms. The summed E-state index contributed by atoms with van der Waals surface area (Å²) in [5.41, 5.74) is 7.27. The Labute approximate surface area is 138 Å². The lowest BCUT2D eigenvalue weighted by atomic mass is 9.95. The molecule has 3 nitrogen and oxygen atoms in total. The van der Waals surface area contributed by atoms with E-state index in [1.54, 1.807) is 30.3 Å². The average Bonchev–Trinajstić information content (AvgIpc) is 3.39. The summed E-state index contributed by atoms with van der Waals surface area (Å²) >= 11 is 6.06. The lowest BCUT2D eigenvalue weighted by molar-refractivity contribution is 0.103. The van der Waals surface area contributed by atoms with E-state index < -0.39 is 17.6 Å². The molecular weight excluding hydrogens is 317 g/mol. The first kappa shape index (κ1) is 16.1. The standard InChI is InChI=1S/C18H17ClFNO2/c19-14-8-7-13(17(21)11-5-6-11)16(20)15(14)18(23)12-3-1-10(9-22)2-4-12/h1-4,7-8,11,17,22H,5-6,9,21H2. The summed E-state index contributed by atoms with van der Waals surface area (Å²) in [6, 6.07) is 9.03. The van der Waals surface area contributed by atoms with Gasteiger partial charge in [-0.2, -0.15) is 0 Å². The van der Waals surface area contributed by atoms with Crippen molar-refractivity contribution in [2.45, 2.75) is 25.5 Å². The van der Waals surface area contributed by atoms with Crippen molar-refractivity contribution in [3.8, 4) is 0 Å². The molecule has 1 saturated carbocycles. The van der Waals surface area contributed by atoms with Crippen LogP contribution in [0, 0.1) is 11.7 Å². The maximum atomic E-state index is 14.8. The normalized spacial score (nSPS) is 15.5. The van der Waals surface area contributed by atoms with Crippen molar-refractivity contribution < 1.29 is 14.3 Å². The highest BCUT2D eigenvalue weighted by atomic mass is 35.5. The molecule has 3 rings (SSSR count). The number of benzene rings is 2. The summed E-state index contributed by atoms with van der Waals surface area (Å²) in [6.07, 6.45) is 1.96. The van der Waals surface area contributed by atoms with Crippen LogP contribution in [0.5, 0.6) is 0 Å². The largest absolute Gasteiger partial charge is 0.392 e. The van der Waals surface area contributed by atoms with Gasteiger partial charge in [-0.3, -0.25) is 4.79 Å². The maximum Gasteiger partial charge on any atom is 0.197 e. The number of carbonyl (C=O) groups excluding carboxylic acids is 1. The monoisotopic (exact) mass is 333 g/mol. The minimum atomic E-state index is -0.631. The molecule has 2 aromatic carbocycles. The molecule has 0 amide bonds.